The van der Waals surface area contributed by atoms with Crippen molar-refractivity contribution in [1.29, 1.82) is 0 Å². The lowest BCUT2D eigenvalue weighted by Crippen LogP contribution is -2.53. The van der Waals surface area contributed by atoms with Crippen LogP contribution in [0.1, 0.15) is 5.56 Å². The Kier molecular flexibility index (Phi) is 4.95. The van der Waals surface area contributed by atoms with E-state index in [9.17, 15) is 19.7 Å². The molecule has 0 radical (unpaired) electrons. The average molecular weight is 382 g/mol. The second-order valence-corrected chi connectivity index (χ2v) is 6.03. The van der Waals surface area contributed by atoms with Crippen molar-refractivity contribution >= 4 is 40.9 Å². The first kappa shape index (κ1) is 18.2. The van der Waals surface area contributed by atoms with Crippen molar-refractivity contribution in [1.82, 2.24) is 14.8 Å². The van der Waals surface area contributed by atoms with Crippen molar-refractivity contribution in [2.75, 3.05) is 6.54 Å². The quantitative estimate of drug-likeness (QED) is 0.214. The number of nitro benzene ring substituents is 1. The zero-order chi connectivity index (χ0) is 19.6. The zero-order valence-corrected chi connectivity index (χ0v) is 14.8. The highest BCUT2D eigenvalue weighted by molar-refractivity contribution is 7.80. The number of hydrogen-bond acceptors (Lipinski definition) is 5. The van der Waals surface area contributed by atoms with Crippen LogP contribution < -0.4 is 5.32 Å². The monoisotopic (exact) mass is 382 g/mol. The number of carbonyl (C=O) groups is 2. The fourth-order valence-electron chi connectivity index (χ4n) is 2.56. The lowest BCUT2D eigenvalue weighted by Gasteiger charge is -2.27. The van der Waals surface area contributed by atoms with Gasteiger partial charge in [-0.15, -0.1) is 6.58 Å². The van der Waals surface area contributed by atoms with Crippen LogP contribution in [0.3, 0.4) is 0 Å². The van der Waals surface area contributed by atoms with Crippen molar-refractivity contribution in [2.24, 2.45) is 0 Å². The third-order valence-electron chi connectivity index (χ3n) is 3.88. The summed E-state index contributed by atoms with van der Waals surface area (Å²) in [5, 5.41) is 13.3. The number of amides is 2. The molecule has 2 aromatic rings. The van der Waals surface area contributed by atoms with Crippen LogP contribution in [0.15, 0.2) is 61.0 Å². The van der Waals surface area contributed by atoms with Crippen LogP contribution in [0.2, 0.25) is 0 Å². The van der Waals surface area contributed by atoms with Gasteiger partial charge in [0.1, 0.15) is 5.57 Å². The molecule has 1 aliphatic heterocycles. The molecule has 3 rings (SSSR count). The fourth-order valence-corrected chi connectivity index (χ4v) is 2.81. The summed E-state index contributed by atoms with van der Waals surface area (Å²) in [4.78, 5) is 36.2. The summed E-state index contributed by atoms with van der Waals surface area (Å²) in [5.74, 6) is -1.06. The Morgan fingerprint density at radius 1 is 1.22 bits per heavy atom. The van der Waals surface area contributed by atoms with Crippen molar-refractivity contribution in [3.8, 4) is 5.69 Å². The van der Waals surface area contributed by atoms with Crippen LogP contribution in [0.4, 0.5) is 5.69 Å². The van der Waals surface area contributed by atoms with Gasteiger partial charge in [0.05, 0.1) is 4.92 Å². The van der Waals surface area contributed by atoms with Gasteiger partial charge in [-0.3, -0.25) is 29.9 Å². The minimum Gasteiger partial charge on any atom is -0.323 e. The summed E-state index contributed by atoms with van der Waals surface area (Å²) < 4.78 is 1.73. The fraction of sp³-hybridized carbons (Fsp3) is 0.0556. The van der Waals surface area contributed by atoms with Crippen molar-refractivity contribution < 1.29 is 14.5 Å². The first-order valence-corrected chi connectivity index (χ1v) is 8.24. The van der Waals surface area contributed by atoms with Gasteiger partial charge in [0.2, 0.25) is 0 Å². The van der Waals surface area contributed by atoms with Gasteiger partial charge in [-0.1, -0.05) is 6.08 Å². The van der Waals surface area contributed by atoms with E-state index in [2.05, 4.69) is 11.9 Å². The predicted octanol–water partition coefficient (Wildman–Crippen LogP) is 2.20. The highest BCUT2D eigenvalue weighted by Crippen LogP contribution is 2.19. The van der Waals surface area contributed by atoms with Crippen LogP contribution in [0.25, 0.3) is 11.8 Å². The van der Waals surface area contributed by atoms with Gasteiger partial charge in [-0.05, 0) is 42.1 Å². The molecule has 1 aromatic carbocycles. The van der Waals surface area contributed by atoms with E-state index in [4.69, 9.17) is 12.2 Å². The third-order valence-corrected chi connectivity index (χ3v) is 4.21. The summed E-state index contributed by atoms with van der Waals surface area (Å²) in [7, 11) is 0. The molecule has 8 nitrogen and oxygen atoms in total. The van der Waals surface area contributed by atoms with Crippen molar-refractivity contribution in [3.05, 3.63) is 76.6 Å². The highest BCUT2D eigenvalue weighted by atomic mass is 32.1. The van der Waals surface area contributed by atoms with Crippen LogP contribution in [0.5, 0.6) is 0 Å². The van der Waals surface area contributed by atoms with Gasteiger partial charge in [0.15, 0.2) is 5.11 Å². The van der Waals surface area contributed by atoms with E-state index < -0.39 is 16.7 Å². The molecular formula is C18H14N4O4S. The van der Waals surface area contributed by atoms with E-state index in [1.54, 1.807) is 35.2 Å². The summed E-state index contributed by atoms with van der Waals surface area (Å²) in [6, 6.07) is 7.74. The van der Waals surface area contributed by atoms with E-state index in [-0.39, 0.29) is 22.9 Å². The van der Waals surface area contributed by atoms with Gasteiger partial charge in [-0.2, -0.15) is 0 Å². The second-order valence-electron chi connectivity index (χ2n) is 5.65. The average Bonchev–Trinajstić information content (AvgIpc) is 3.11. The number of benzene rings is 1. The molecule has 27 heavy (non-hydrogen) atoms. The van der Waals surface area contributed by atoms with E-state index in [0.29, 0.717) is 11.3 Å². The Morgan fingerprint density at radius 2 is 1.93 bits per heavy atom. The Balaban J connectivity index is 1.88. The number of rotatable bonds is 5. The molecule has 1 aromatic heterocycles. The molecule has 0 bridgehead atoms. The first-order chi connectivity index (χ1) is 12.9. The second kappa shape index (κ2) is 7.34. The molecule has 1 saturated heterocycles. The van der Waals surface area contributed by atoms with Crippen LogP contribution in [-0.2, 0) is 9.59 Å². The number of nitrogens with one attached hydrogen (secondary N) is 1. The maximum absolute atomic E-state index is 12.5. The maximum atomic E-state index is 12.5. The summed E-state index contributed by atoms with van der Waals surface area (Å²) in [5.41, 5.74) is 1.29. The lowest BCUT2D eigenvalue weighted by atomic mass is 10.1. The largest absolute Gasteiger partial charge is 0.323 e. The topological polar surface area (TPSA) is 97.5 Å². The SMILES string of the molecule is C=CCN1C(=O)/C(=C\c2ccn(-c3ccc([N+](=O)[O-])cc3)c2)C(=O)NC1=S. The smallest absolute Gasteiger partial charge is 0.269 e. The minimum absolute atomic E-state index is 0.00370. The summed E-state index contributed by atoms with van der Waals surface area (Å²) in [6.45, 7) is 3.77. The molecule has 0 aliphatic carbocycles. The molecular weight excluding hydrogens is 368 g/mol. The third kappa shape index (κ3) is 3.67. The first-order valence-electron chi connectivity index (χ1n) is 7.83. The zero-order valence-electron chi connectivity index (χ0n) is 14.0. The normalized spacial score (nSPS) is 15.8. The molecule has 2 heterocycles. The number of nitro groups is 1. The molecule has 0 unspecified atom stereocenters. The van der Waals surface area contributed by atoms with E-state index in [1.165, 1.54) is 29.2 Å². The van der Waals surface area contributed by atoms with Gasteiger partial charge in [0, 0.05) is 36.8 Å². The molecule has 136 valence electrons. The molecule has 0 spiro atoms. The number of hydrogen-bond donors (Lipinski definition) is 1. The number of aromatic nitrogens is 1. The Hall–Kier alpha value is -3.59. The van der Waals surface area contributed by atoms with Gasteiger partial charge in [-0.25, -0.2) is 0 Å². The molecule has 1 N–H and O–H groups in total. The summed E-state index contributed by atoms with van der Waals surface area (Å²) >= 11 is 5.01. The predicted molar refractivity (Wildman–Crippen MR) is 103 cm³/mol. The molecule has 0 saturated carbocycles. The van der Waals surface area contributed by atoms with Crippen LogP contribution in [0, 0.1) is 10.1 Å². The molecule has 2 amide bonds. The molecule has 1 aliphatic rings. The van der Waals surface area contributed by atoms with Gasteiger partial charge < -0.3 is 4.57 Å². The maximum Gasteiger partial charge on any atom is 0.269 e. The highest BCUT2D eigenvalue weighted by Gasteiger charge is 2.32. The Bertz CT molecular complexity index is 991. The van der Waals surface area contributed by atoms with E-state index in [0.717, 1.165) is 0 Å². The Morgan fingerprint density at radius 3 is 2.56 bits per heavy atom. The lowest BCUT2D eigenvalue weighted by molar-refractivity contribution is -0.384. The van der Waals surface area contributed by atoms with Gasteiger partial charge >= 0.3 is 0 Å². The van der Waals surface area contributed by atoms with E-state index in [1.807, 2.05) is 0 Å². The van der Waals surface area contributed by atoms with Gasteiger partial charge in [0.25, 0.3) is 17.5 Å². The van der Waals surface area contributed by atoms with Crippen molar-refractivity contribution in [3.63, 3.8) is 0 Å². The van der Waals surface area contributed by atoms with Crippen molar-refractivity contribution in [2.45, 2.75) is 0 Å². The van der Waals surface area contributed by atoms with E-state index >= 15 is 0 Å². The molecule has 1 fully saturated rings. The molecule has 9 heteroatoms. The number of non-ortho nitro benzene ring substituents is 1. The summed E-state index contributed by atoms with van der Waals surface area (Å²) in [6.07, 6.45) is 6.42. The van der Waals surface area contributed by atoms with Crippen LogP contribution >= 0.6 is 12.2 Å². The van der Waals surface area contributed by atoms with Crippen LogP contribution in [-0.4, -0.2) is 37.9 Å². The number of thiocarbonyl (C=S) groups is 1. The Labute approximate surface area is 159 Å². The molecule has 0 atom stereocenters. The number of carbonyl (C=O) groups excluding carboxylic acids is 2. The minimum atomic E-state index is -0.562. The standard InChI is InChI=1S/C18H14N4O4S/c1-2-8-21-17(24)15(16(23)19-18(21)27)10-12-7-9-20(11-12)13-3-5-14(6-4-13)22(25)26/h2-7,9-11H,1,8H2,(H,19,23,27)/b15-10-. The number of nitrogens with zero attached hydrogens (tertiary/aromatic N) is 3.